The van der Waals surface area contributed by atoms with Crippen molar-refractivity contribution in [2.45, 2.75) is 33.1 Å². The molecule has 0 aliphatic carbocycles. The highest BCUT2D eigenvalue weighted by atomic mass is 16.5. The number of benzene rings is 1. The number of methoxy groups -OCH3 is 1. The summed E-state index contributed by atoms with van der Waals surface area (Å²) in [6, 6.07) is 7.85. The van der Waals surface area contributed by atoms with E-state index in [2.05, 4.69) is 0 Å². The molecule has 0 unspecified atom stereocenters. The average molecular weight is 235 g/mol. The summed E-state index contributed by atoms with van der Waals surface area (Å²) in [5, 5.41) is 10.6. The van der Waals surface area contributed by atoms with E-state index >= 15 is 0 Å². The normalized spacial score (nSPS) is 11.2. The lowest BCUT2D eigenvalue weighted by Gasteiger charge is -2.25. The molecule has 0 saturated carbocycles. The van der Waals surface area contributed by atoms with E-state index in [1.54, 1.807) is 7.11 Å². The molecule has 1 rings (SSSR count). The summed E-state index contributed by atoms with van der Waals surface area (Å²) in [5.41, 5.74) is 0.968. The minimum atomic E-state index is -0.982. The topological polar surface area (TPSA) is 49.4 Å². The Hall–Kier alpha value is -1.51. The Morgan fingerprint density at radius 3 is 2.35 bits per heavy atom. The molecular formula is C14H19O3-. The van der Waals surface area contributed by atoms with Crippen LogP contribution in [0.5, 0.6) is 5.75 Å². The molecule has 0 spiro atoms. The molecule has 0 N–H and O–H groups in total. The lowest BCUT2D eigenvalue weighted by atomic mass is 9.83. The summed E-state index contributed by atoms with van der Waals surface area (Å²) < 4.78 is 5.08. The fourth-order valence-corrected chi connectivity index (χ4v) is 1.75. The second-order valence-electron chi connectivity index (χ2n) is 5.06. The summed E-state index contributed by atoms with van der Waals surface area (Å²) in [7, 11) is 1.64. The molecule has 94 valence electrons. The molecule has 0 bridgehead atoms. The van der Waals surface area contributed by atoms with Gasteiger partial charge >= 0.3 is 0 Å². The minimum absolute atomic E-state index is 0.100. The van der Waals surface area contributed by atoms with Crippen LogP contribution in [-0.2, 0) is 11.2 Å². The van der Waals surface area contributed by atoms with E-state index in [0.29, 0.717) is 0 Å². The predicted octanol–water partition coefficient (Wildman–Crippen LogP) is 1.79. The third kappa shape index (κ3) is 4.89. The fraction of sp³-hybridized carbons (Fsp3) is 0.500. The molecule has 17 heavy (non-hydrogen) atoms. The average Bonchev–Trinajstić information content (AvgIpc) is 2.25. The molecule has 0 atom stereocenters. The molecule has 0 heterocycles. The standard InChI is InChI=1S/C14H20O3/c1-14(2,10-13(15)16)9-8-11-4-6-12(17-3)7-5-11/h4-7H,8-10H2,1-3H3,(H,15,16)/p-1. The smallest absolute Gasteiger partial charge is 0.118 e. The van der Waals surface area contributed by atoms with Crippen LogP contribution in [0.2, 0.25) is 0 Å². The zero-order chi connectivity index (χ0) is 12.9. The van der Waals surface area contributed by atoms with E-state index < -0.39 is 5.97 Å². The Bertz CT molecular complexity index is 366. The number of hydrogen-bond donors (Lipinski definition) is 0. The highest BCUT2D eigenvalue weighted by Gasteiger charge is 2.17. The van der Waals surface area contributed by atoms with E-state index in [1.807, 2.05) is 38.1 Å². The number of aryl methyl sites for hydroxylation is 1. The van der Waals surface area contributed by atoms with Crippen LogP contribution in [0.1, 0.15) is 32.3 Å². The molecule has 1 aromatic rings. The van der Waals surface area contributed by atoms with Crippen molar-refractivity contribution in [2.75, 3.05) is 7.11 Å². The first kappa shape index (κ1) is 13.6. The van der Waals surface area contributed by atoms with Crippen molar-refractivity contribution < 1.29 is 14.6 Å². The quantitative estimate of drug-likeness (QED) is 0.755. The van der Waals surface area contributed by atoms with Gasteiger partial charge in [0.25, 0.3) is 0 Å². The van der Waals surface area contributed by atoms with Crippen LogP contribution < -0.4 is 9.84 Å². The monoisotopic (exact) mass is 235 g/mol. The largest absolute Gasteiger partial charge is 0.550 e. The first-order chi connectivity index (χ1) is 7.93. The van der Waals surface area contributed by atoms with E-state index in [9.17, 15) is 9.90 Å². The zero-order valence-corrected chi connectivity index (χ0v) is 10.7. The Balaban J connectivity index is 2.51. The van der Waals surface area contributed by atoms with Gasteiger partial charge in [-0.05, 0) is 42.4 Å². The van der Waals surface area contributed by atoms with Crippen molar-refractivity contribution >= 4 is 5.97 Å². The number of carboxylic acid groups (broad SMARTS) is 1. The van der Waals surface area contributed by atoms with Gasteiger partial charge in [-0.15, -0.1) is 0 Å². The van der Waals surface area contributed by atoms with E-state index in [-0.39, 0.29) is 11.8 Å². The van der Waals surface area contributed by atoms with Crippen molar-refractivity contribution in [3.63, 3.8) is 0 Å². The van der Waals surface area contributed by atoms with Crippen LogP contribution in [0.25, 0.3) is 0 Å². The summed E-state index contributed by atoms with van der Waals surface area (Å²) in [4.78, 5) is 10.6. The van der Waals surface area contributed by atoms with Gasteiger partial charge in [-0.3, -0.25) is 0 Å². The Morgan fingerprint density at radius 2 is 1.88 bits per heavy atom. The summed E-state index contributed by atoms with van der Waals surface area (Å²) >= 11 is 0. The van der Waals surface area contributed by atoms with E-state index in [1.165, 1.54) is 5.56 Å². The molecule has 0 saturated heterocycles. The lowest BCUT2D eigenvalue weighted by molar-refractivity contribution is -0.307. The third-order valence-corrected chi connectivity index (χ3v) is 2.87. The van der Waals surface area contributed by atoms with E-state index in [4.69, 9.17) is 4.74 Å². The van der Waals surface area contributed by atoms with Gasteiger partial charge in [-0.1, -0.05) is 26.0 Å². The summed E-state index contributed by atoms with van der Waals surface area (Å²) in [6.45, 7) is 3.90. The minimum Gasteiger partial charge on any atom is -0.550 e. The molecule has 1 aromatic carbocycles. The number of rotatable bonds is 6. The van der Waals surface area contributed by atoms with E-state index in [0.717, 1.165) is 18.6 Å². The number of hydrogen-bond acceptors (Lipinski definition) is 3. The summed E-state index contributed by atoms with van der Waals surface area (Å²) in [5.74, 6) is -0.146. The highest BCUT2D eigenvalue weighted by Crippen LogP contribution is 2.26. The summed E-state index contributed by atoms with van der Waals surface area (Å²) in [6.07, 6.45) is 1.79. The van der Waals surface area contributed by atoms with Crippen LogP contribution in [0.4, 0.5) is 0 Å². The fourth-order valence-electron chi connectivity index (χ4n) is 1.75. The van der Waals surface area contributed by atoms with Gasteiger partial charge in [0.2, 0.25) is 0 Å². The van der Waals surface area contributed by atoms with Crippen molar-refractivity contribution in [3.8, 4) is 5.75 Å². The number of aliphatic carboxylic acids is 1. The maximum Gasteiger partial charge on any atom is 0.118 e. The van der Waals surface area contributed by atoms with Gasteiger partial charge in [0.1, 0.15) is 5.75 Å². The second-order valence-corrected chi connectivity index (χ2v) is 5.06. The zero-order valence-electron chi connectivity index (χ0n) is 10.7. The number of ether oxygens (including phenoxy) is 1. The molecular weight excluding hydrogens is 216 g/mol. The molecule has 0 aliphatic rings. The highest BCUT2D eigenvalue weighted by molar-refractivity contribution is 5.65. The van der Waals surface area contributed by atoms with Gasteiger partial charge in [0, 0.05) is 5.97 Å². The van der Waals surface area contributed by atoms with Gasteiger partial charge in [-0.2, -0.15) is 0 Å². The molecule has 0 radical (unpaired) electrons. The molecule has 3 nitrogen and oxygen atoms in total. The van der Waals surface area contributed by atoms with Crippen LogP contribution in [0.3, 0.4) is 0 Å². The van der Waals surface area contributed by atoms with Gasteiger partial charge in [0.05, 0.1) is 7.11 Å². The van der Waals surface area contributed by atoms with Crippen molar-refractivity contribution in [2.24, 2.45) is 5.41 Å². The number of carboxylic acids is 1. The van der Waals surface area contributed by atoms with Crippen LogP contribution in [0.15, 0.2) is 24.3 Å². The lowest BCUT2D eigenvalue weighted by Crippen LogP contribution is -2.29. The Labute approximate surface area is 102 Å². The first-order valence-electron chi connectivity index (χ1n) is 5.76. The SMILES string of the molecule is COc1ccc(CCC(C)(C)CC(=O)[O-])cc1. The second kappa shape index (κ2) is 5.71. The third-order valence-electron chi connectivity index (χ3n) is 2.87. The molecule has 3 heteroatoms. The van der Waals surface area contributed by atoms with Gasteiger partial charge < -0.3 is 14.6 Å². The maximum atomic E-state index is 10.6. The van der Waals surface area contributed by atoms with Crippen molar-refractivity contribution in [3.05, 3.63) is 29.8 Å². The number of carbonyl (C=O) groups is 1. The van der Waals surface area contributed by atoms with Crippen LogP contribution in [0, 0.1) is 5.41 Å². The first-order valence-corrected chi connectivity index (χ1v) is 5.76. The van der Waals surface area contributed by atoms with Crippen LogP contribution >= 0.6 is 0 Å². The van der Waals surface area contributed by atoms with Crippen molar-refractivity contribution in [1.29, 1.82) is 0 Å². The van der Waals surface area contributed by atoms with Gasteiger partial charge in [-0.25, -0.2) is 0 Å². The Kier molecular flexibility index (Phi) is 4.55. The Morgan fingerprint density at radius 1 is 1.29 bits per heavy atom. The molecule has 0 amide bonds. The molecule has 0 aromatic heterocycles. The van der Waals surface area contributed by atoms with Crippen molar-refractivity contribution in [1.82, 2.24) is 0 Å². The molecule has 0 fully saturated rings. The van der Waals surface area contributed by atoms with Crippen LogP contribution in [-0.4, -0.2) is 13.1 Å². The molecule has 0 aliphatic heterocycles. The maximum absolute atomic E-state index is 10.6. The predicted molar refractivity (Wildman–Crippen MR) is 64.7 cm³/mol. The number of carbonyl (C=O) groups excluding carboxylic acids is 1. The van der Waals surface area contributed by atoms with Gasteiger partial charge in [0.15, 0.2) is 0 Å².